The van der Waals surface area contributed by atoms with Crippen molar-refractivity contribution in [1.29, 1.82) is 0 Å². The van der Waals surface area contributed by atoms with Crippen molar-refractivity contribution >= 4 is 21.6 Å². The number of carbonyl (C=O) groups excluding carboxylic acids is 1. The van der Waals surface area contributed by atoms with E-state index in [2.05, 4.69) is 5.32 Å². The number of piperidine rings is 1. The maximum atomic E-state index is 13.1. The molecule has 162 valence electrons. The topological polar surface area (TPSA) is 66.5 Å². The van der Waals surface area contributed by atoms with E-state index >= 15 is 0 Å². The summed E-state index contributed by atoms with van der Waals surface area (Å²) in [7, 11) is -3.54. The number of halogens is 3. The number of benzene rings is 2. The molecule has 0 unspecified atom stereocenters. The molecule has 1 aliphatic heterocycles. The van der Waals surface area contributed by atoms with Gasteiger partial charge in [0.25, 0.3) is 0 Å². The molecule has 2 aromatic carbocycles. The minimum atomic E-state index is -4.57. The fourth-order valence-corrected chi connectivity index (χ4v) is 5.20. The van der Waals surface area contributed by atoms with Crippen molar-refractivity contribution < 1.29 is 26.4 Å². The number of alkyl halides is 3. The lowest BCUT2D eigenvalue weighted by molar-refractivity contribution is -0.137. The quantitative estimate of drug-likeness (QED) is 0.758. The van der Waals surface area contributed by atoms with Gasteiger partial charge in [0.05, 0.1) is 17.0 Å². The number of hydrogen-bond donors (Lipinski definition) is 1. The molecule has 2 aromatic rings. The van der Waals surface area contributed by atoms with Gasteiger partial charge in [0, 0.05) is 19.0 Å². The van der Waals surface area contributed by atoms with Gasteiger partial charge in [-0.15, -0.1) is 0 Å². The zero-order valence-corrected chi connectivity index (χ0v) is 17.3. The van der Waals surface area contributed by atoms with Crippen molar-refractivity contribution in [2.24, 2.45) is 5.92 Å². The molecule has 9 heteroatoms. The number of rotatable bonds is 5. The molecule has 0 atom stereocenters. The van der Waals surface area contributed by atoms with Crippen molar-refractivity contribution in [1.82, 2.24) is 4.31 Å². The fraction of sp³-hybridized carbons (Fsp3) is 0.381. The van der Waals surface area contributed by atoms with Crippen LogP contribution in [0.25, 0.3) is 0 Å². The second kappa shape index (κ2) is 8.77. The fourth-order valence-electron chi connectivity index (χ4n) is 3.53. The third kappa shape index (κ3) is 5.20. The molecule has 0 saturated carbocycles. The summed E-state index contributed by atoms with van der Waals surface area (Å²) in [6.45, 7) is 2.17. The van der Waals surface area contributed by atoms with E-state index in [1.165, 1.54) is 22.5 Å². The summed E-state index contributed by atoms with van der Waals surface area (Å²) in [5.41, 5.74) is 0.418. The molecule has 1 heterocycles. The van der Waals surface area contributed by atoms with Crippen LogP contribution in [0.3, 0.4) is 0 Å². The molecule has 0 aliphatic carbocycles. The highest BCUT2D eigenvalue weighted by molar-refractivity contribution is 7.88. The SMILES string of the molecule is Cc1ccccc1CS(=O)(=O)N1CCC(C(=O)Nc2ccccc2C(F)(F)F)CC1. The van der Waals surface area contributed by atoms with Crippen molar-refractivity contribution in [3.63, 3.8) is 0 Å². The van der Waals surface area contributed by atoms with Gasteiger partial charge in [-0.2, -0.15) is 13.2 Å². The Bertz CT molecular complexity index is 1010. The summed E-state index contributed by atoms with van der Waals surface area (Å²) >= 11 is 0. The van der Waals surface area contributed by atoms with E-state index in [4.69, 9.17) is 0 Å². The molecule has 30 heavy (non-hydrogen) atoms. The van der Waals surface area contributed by atoms with Gasteiger partial charge in [0.1, 0.15) is 0 Å². The first-order chi connectivity index (χ1) is 14.1. The predicted molar refractivity (Wildman–Crippen MR) is 108 cm³/mol. The van der Waals surface area contributed by atoms with Crippen molar-refractivity contribution in [2.75, 3.05) is 18.4 Å². The van der Waals surface area contributed by atoms with Crippen LogP contribution in [0.2, 0.25) is 0 Å². The van der Waals surface area contributed by atoms with Crippen LogP contribution in [-0.4, -0.2) is 31.7 Å². The molecule has 0 spiro atoms. The Morgan fingerprint density at radius 2 is 1.67 bits per heavy atom. The molecular formula is C21H23F3N2O3S. The predicted octanol–water partition coefficient (Wildman–Crippen LogP) is 4.19. The molecule has 0 aromatic heterocycles. The maximum Gasteiger partial charge on any atom is 0.418 e. The second-order valence-corrected chi connectivity index (χ2v) is 9.36. The van der Waals surface area contributed by atoms with Crippen molar-refractivity contribution in [3.8, 4) is 0 Å². The first-order valence-corrected chi connectivity index (χ1v) is 11.2. The summed E-state index contributed by atoms with van der Waals surface area (Å²) in [6, 6.07) is 12.0. The monoisotopic (exact) mass is 440 g/mol. The molecule has 0 bridgehead atoms. The van der Waals surface area contributed by atoms with Gasteiger partial charge < -0.3 is 5.32 Å². The Kier molecular flexibility index (Phi) is 6.52. The van der Waals surface area contributed by atoms with E-state index in [9.17, 15) is 26.4 Å². The standard InChI is InChI=1S/C21H23F3N2O3S/c1-15-6-2-3-7-17(15)14-30(28,29)26-12-10-16(11-13-26)20(27)25-19-9-5-4-8-18(19)21(22,23)24/h2-9,16H,10-14H2,1H3,(H,25,27). The number of amides is 1. The normalized spacial score (nSPS) is 16.4. The van der Waals surface area contributed by atoms with Gasteiger partial charge in [-0.05, 0) is 43.0 Å². The van der Waals surface area contributed by atoms with Crippen molar-refractivity contribution in [2.45, 2.75) is 31.7 Å². The van der Waals surface area contributed by atoms with Gasteiger partial charge >= 0.3 is 6.18 Å². The molecule has 1 amide bonds. The summed E-state index contributed by atoms with van der Waals surface area (Å²) in [5, 5.41) is 2.36. The summed E-state index contributed by atoms with van der Waals surface area (Å²) < 4.78 is 66.1. The van der Waals surface area contributed by atoms with Crippen LogP contribution in [-0.2, 0) is 26.7 Å². The third-order valence-corrected chi connectivity index (χ3v) is 7.14. The zero-order chi connectivity index (χ0) is 21.9. The molecular weight excluding hydrogens is 417 g/mol. The van der Waals surface area contributed by atoms with Crippen LogP contribution in [0.5, 0.6) is 0 Å². The lowest BCUT2D eigenvalue weighted by atomic mass is 9.97. The van der Waals surface area contributed by atoms with Gasteiger partial charge in [0.2, 0.25) is 15.9 Å². The molecule has 1 aliphatic rings. The van der Waals surface area contributed by atoms with Gasteiger partial charge in [-0.25, -0.2) is 12.7 Å². The van der Waals surface area contributed by atoms with E-state index in [1.807, 2.05) is 19.1 Å². The second-order valence-electron chi connectivity index (χ2n) is 7.39. The number of nitrogens with zero attached hydrogens (tertiary/aromatic N) is 1. The number of nitrogens with one attached hydrogen (secondary N) is 1. The zero-order valence-electron chi connectivity index (χ0n) is 16.4. The largest absolute Gasteiger partial charge is 0.418 e. The maximum absolute atomic E-state index is 13.1. The number of hydrogen-bond acceptors (Lipinski definition) is 3. The number of aryl methyl sites for hydroxylation is 1. The van der Waals surface area contributed by atoms with E-state index in [1.54, 1.807) is 12.1 Å². The van der Waals surface area contributed by atoms with E-state index in [-0.39, 0.29) is 37.4 Å². The Morgan fingerprint density at radius 1 is 1.07 bits per heavy atom. The molecule has 0 radical (unpaired) electrons. The average Bonchev–Trinajstić information content (AvgIpc) is 2.69. The summed E-state index contributed by atoms with van der Waals surface area (Å²) in [4.78, 5) is 12.5. The van der Waals surface area contributed by atoms with Crippen LogP contribution in [0.1, 0.15) is 29.5 Å². The Hall–Kier alpha value is -2.39. The Balaban J connectivity index is 1.62. The number of anilines is 1. The molecule has 1 N–H and O–H groups in total. The number of sulfonamides is 1. The molecule has 1 saturated heterocycles. The van der Waals surface area contributed by atoms with Gasteiger partial charge in [-0.3, -0.25) is 4.79 Å². The lowest BCUT2D eigenvalue weighted by Crippen LogP contribution is -2.42. The van der Waals surface area contributed by atoms with E-state index in [0.29, 0.717) is 0 Å². The van der Waals surface area contributed by atoms with Crippen LogP contribution >= 0.6 is 0 Å². The first-order valence-electron chi connectivity index (χ1n) is 9.57. The van der Waals surface area contributed by atoms with Crippen LogP contribution < -0.4 is 5.32 Å². The molecule has 5 nitrogen and oxygen atoms in total. The molecule has 3 rings (SSSR count). The minimum absolute atomic E-state index is 0.116. The summed E-state index contributed by atoms with van der Waals surface area (Å²) in [5.74, 6) is -1.19. The highest BCUT2D eigenvalue weighted by atomic mass is 32.2. The third-order valence-electron chi connectivity index (χ3n) is 5.31. The van der Waals surface area contributed by atoms with Crippen LogP contribution in [0, 0.1) is 12.8 Å². The average molecular weight is 440 g/mol. The van der Waals surface area contributed by atoms with E-state index < -0.39 is 33.6 Å². The molecule has 1 fully saturated rings. The van der Waals surface area contributed by atoms with Crippen molar-refractivity contribution in [3.05, 3.63) is 65.2 Å². The van der Waals surface area contributed by atoms with Gasteiger partial charge in [0.15, 0.2) is 0 Å². The van der Waals surface area contributed by atoms with Gasteiger partial charge in [-0.1, -0.05) is 36.4 Å². The first kappa shape index (κ1) is 22.3. The van der Waals surface area contributed by atoms with Crippen LogP contribution in [0.15, 0.2) is 48.5 Å². The van der Waals surface area contributed by atoms with Crippen LogP contribution in [0.4, 0.5) is 18.9 Å². The highest BCUT2D eigenvalue weighted by Crippen LogP contribution is 2.35. The number of para-hydroxylation sites is 1. The Labute approximate surface area is 173 Å². The smallest absolute Gasteiger partial charge is 0.325 e. The number of carbonyl (C=O) groups is 1. The summed E-state index contributed by atoms with van der Waals surface area (Å²) in [6.07, 6.45) is -4.06. The highest BCUT2D eigenvalue weighted by Gasteiger charge is 2.35. The Morgan fingerprint density at radius 3 is 2.30 bits per heavy atom. The van der Waals surface area contributed by atoms with E-state index in [0.717, 1.165) is 17.2 Å². The minimum Gasteiger partial charge on any atom is -0.325 e. The lowest BCUT2D eigenvalue weighted by Gasteiger charge is -2.31.